The first-order valence-electron chi connectivity index (χ1n) is 7.90. The maximum atomic E-state index is 12.5. The minimum Gasteiger partial charge on any atom is -0.347 e. The highest BCUT2D eigenvalue weighted by Gasteiger charge is 2.22. The fourth-order valence-electron chi connectivity index (χ4n) is 2.26. The molecule has 8 heteroatoms. The van der Waals surface area contributed by atoms with Crippen molar-refractivity contribution in [3.05, 3.63) is 47.3 Å². The van der Waals surface area contributed by atoms with E-state index >= 15 is 0 Å². The third-order valence-corrected chi connectivity index (χ3v) is 6.99. The third-order valence-electron chi connectivity index (χ3n) is 3.65. The first-order chi connectivity index (χ1) is 11.5. The Balaban J connectivity index is 0.00000312. The molecule has 1 aromatic heterocycles. The Bertz CT molecular complexity index is 776. The molecule has 1 amide bonds. The van der Waals surface area contributed by atoms with E-state index in [0.717, 1.165) is 30.6 Å². The smallest absolute Gasteiger partial charge is 0.261 e. The predicted octanol–water partition coefficient (Wildman–Crippen LogP) is 3.25. The van der Waals surface area contributed by atoms with Gasteiger partial charge in [-0.2, -0.15) is 0 Å². The van der Waals surface area contributed by atoms with Gasteiger partial charge in [0.25, 0.3) is 5.91 Å². The SMILES string of the molecule is CCCCC(CN)NC(=O)c1ccc(S(=O)(=O)c2ccccc2)s1.Cl. The van der Waals surface area contributed by atoms with E-state index < -0.39 is 9.84 Å². The van der Waals surface area contributed by atoms with Crippen LogP contribution in [0, 0.1) is 0 Å². The van der Waals surface area contributed by atoms with Crippen LogP contribution in [0.5, 0.6) is 0 Å². The number of unbranched alkanes of at least 4 members (excludes halogenated alkanes) is 1. The number of nitrogens with one attached hydrogen (secondary N) is 1. The van der Waals surface area contributed by atoms with Gasteiger partial charge in [0.15, 0.2) is 0 Å². The van der Waals surface area contributed by atoms with Crippen LogP contribution in [0.3, 0.4) is 0 Å². The van der Waals surface area contributed by atoms with Crippen molar-refractivity contribution in [3.63, 3.8) is 0 Å². The lowest BCUT2D eigenvalue weighted by molar-refractivity contribution is 0.0940. The Morgan fingerprint density at radius 3 is 2.48 bits per heavy atom. The van der Waals surface area contributed by atoms with Gasteiger partial charge in [0.1, 0.15) is 4.21 Å². The standard InChI is InChI=1S/C17H22N2O3S2.ClH/c1-2-3-7-13(12-18)19-17(20)15-10-11-16(23-15)24(21,22)14-8-5-4-6-9-14;/h4-6,8-11,13H,2-3,7,12,18H2,1H3,(H,19,20);1H. The molecule has 138 valence electrons. The maximum absolute atomic E-state index is 12.5. The summed E-state index contributed by atoms with van der Waals surface area (Å²) in [6, 6.07) is 11.1. The molecule has 0 aliphatic carbocycles. The molecular formula is C17H23ClN2O3S2. The molecule has 1 heterocycles. The van der Waals surface area contributed by atoms with Crippen LogP contribution in [0.25, 0.3) is 0 Å². The quantitative estimate of drug-likeness (QED) is 0.709. The number of halogens is 1. The van der Waals surface area contributed by atoms with Crippen LogP contribution in [0.15, 0.2) is 51.6 Å². The second-order valence-electron chi connectivity index (χ2n) is 5.48. The highest BCUT2D eigenvalue weighted by molar-refractivity contribution is 7.93. The van der Waals surface area contributed by atoms with Gasteiger partial charge in [-0.3, -0.25) is 4.79 Å². The van der Waals surface area contributed by atoms with E-state index in [0.29, 0.717) is 11.4 Å². The van der Waals surface area contributed by atoms with E-state index in [1.165, 1.54) is 6.07 Å². The van der Waals surface area contributed by atoms with Crippen molar-refractivity contribution in [2.24, 2.45) is 5.73 Å². The van der Waals surface area contributed by atoms with Gasteiger partial charge in [0, 0.05) is 12.6 Å². The topological polar surface area (TPSA) is 89.3 Å². The number of hydrogen-bond acceptors (Lipinski definition) is 5. The molecule has 0 saturated carbocycles. The van der Waals surface area contributed by atoms with Gasteiger partial charge < -0.3 is 11.1 Å². The largest absolute Gasteiger partial charge is 0.347 e. The minimum absolute atomic E-state index is 0. The van der Waals surface area contributed by atoms with Gasteiger partial charge in [0.05, 0.1) is 9.77 Å². The predicted molar refractivity (Wildman–Crippen MR) is 103 cm³/mol. The Morgan fingerprint density at radius 1 is 1.20 bits per heavy atom. The second kappa shape index (κ2) is 9.91. The summed E-state index contributed by atoms with van der Waals surface area (Å²) in [5, 5.41) is 2.87. The molecule has 0 spiro atoms. The summed E-state index contributed by atoms with van der Waals surface area (Å²) in [5.74, 6) is -0.277. The lowest BCUT2D eigenvalue weighted by Gasteiger charge is -2.15. The zero-order valence-electron chi connectivity index (χ0n) is 14.0. The zero-order chi connectivity index (χ0) is 17.6. The number of rotatable bonds is 8. The van der Waals surface area contributed by atoms with Gasteiger partial charge in [-0.15, -0.1) is 23.7 Å². The van der Waals surface area contributed by atoms with Crippen molar-refractivity contribution in [3.8, 4) is 0 Å². The van der Waals surface area contributed by atoms with Crippen molar-refractivity contribution in [1.29, 1.82) is 0 Å². The minimum atomic E-state index is -3.59. The molecule has 5 nitrogen and oxygen atoms in total. The Labute approximate surface area is 159 Å². The number of hydrogen-bond donors (Lipinski definition) is 2. The van der Waals surface area contributed by atoms with E-state index in [-0.39, 0.29) is 33.5 Å². The van der Waals surface area contributed by atoms with Gasteiger partial charge in [-0.1, -0.05) is 38.0 Å². The molecule has 3 N–H and O–H groups in total. The monoisotopic (exact) mass is 402 g/mol. The summed E-state index contributed by atoms with van der Waals surface area (Å²) in [5.41, 5.74) is 5.68. The van der Waals surface area contributed by atoms with Crippen LogP contribution in [0.4, 0.5) is 0 Å². The molecule has 1 atom stereocenters. The normalized spacial score (nSPS) is 12.2. The first kappa shape index (κ1) is 21.6. The number of thiophene rings is 1. The molecule has 0 aliphatic heterocycles. The van der Waals surface area contributed by atoms with E-state index in [2.05, 4.69) is 12.2 Å². The lowest BCUT2D eigenvalue weighted by atomic mass is 10.1. The molecule has 0 saturated heterocycles. The van der Waals surface area contributed by atoms with E-state index in [1.54, 1.807) is 36.4 Å². The van der Waals surface area contributed by atoms with E-state index in [1.807, 2.05) is 0 Å². The Hall–Kier alpha value is -1.41. The van der Waals surface area contributed by atoms with Gasteiger partial charge in [0.2, 0.25) is 9.84 Å². The average Bonchev–Trinajstić information content (AvgIpc) is 3.10. The first-order valence-corrected chi connectivity index (χ1v) is 10.2. The summed E-state index contributed by atoms with van der Waals surface area (Å²) < 4.78 is 25.3. The number of benzene rings is 1. The molecule has 1 unspecified atom stereocenters. The van der Waals surface area contributed by atoms with Crippen molar-refractivity contribution in [1.82, 2.24) is 5.32 Å². The van der Waals surface area contributed by atoms with E-state index in [4.69, 9.17) is 5.73 Å². The Kier molecular flexibility index (Phi) is 8.58. The summed E-state index contributed by atoms with van der Waals surface area (Å²) in [4.78, 5) is 12.9. The van der Waals surface area contributed by atoms with Crippen molar-refractivity contribution in [2.45, 2.75) is 41.3 Å². The average molecular weight is 403 g/mol. The van der Waals surface area contributed by atoms with Crippen molar-refractivity contribution >= 4 is 39.5 Å². The van der Waals surface area contributed by atoms with Gasteiger partial charge in [-0.05, 0) is 30.7 Å². The van der Waals surface area contributed by atoms with Crippen molar-refractivity contribution < 1.29 is 13.2 Å². The molecule has 2 rings (SSSR count). The number of carbonyl (C=O) groups excluding carboxylic acids is 1. The third kappa shape index (κ3) is 5.54. The molecule has 0 bridgehead atoms. The van der Waals surface area contributed by atoms with Crippen LogP contribution < -0.4 is 11.1 Å². The molecule has 2 aromatic rings. The number of sulfone groups is 1. The van der Waals surface area contributed by atoms with Crippen LogP contribution in [-0.4, -0.2) is 26.9 Å². The fourth-order valence-corrected chi connectivity index (χ4v) is 4.89. The Morgan fingerprint density at radius 2 is 1.88 bits per heavy atom. The van der Waals surface area contributed by atoms with Crippen molar-refractivity contribution in [2.75, 3.05) is 6.54 Å². The van der Waals surface area contributed by atoms with E-state index in [9.17, 15) is 13.2 Å². The summed E-state index contributed by atoms with van der Waals surface area (Å²) in [6.45, 7) is 2.45. The molecule has 0 fully saturated rings. The molecule has 0 radical (unpaired) electrons. The van der Waals surface area contributed by atoms with Crippen LogP contribution in [-0.2, 0) is 9.84 Å². The van der Waals surface area contributed by atoms with Gasteiger partial charge in [-0.25, -0.2) is 8.42 Å². The van der Waals surface area contributed by atoms with Crippen LogP contribution in [0.1, 0.15) is 35.9 Å². The number of amides is 1. The molecular weight excluding hydrogens is 380 g/mol. The number of nitrogens with two attached hydrogens (primary N) is 1. The lowest BCUT2D eigenvalue weighted by Crippen LogP contribution is -2.39. The summed E-state index contributed by atoms with van der Waals surface area (Å²) >= 11 is 0.978. The summed E-state index contributed by atoms with van der Waals surface area (Å²) in [7, 11) is -3.59. The second-order valence-corrected chi connectivity index (χ2v) is 8.74. The highest BCUT2D eigenvalue weighted by atomic mass is 35.5. The summed E-state index contributed by atoms with van der Waals surface area (Å²) in [6.07, 6.45) is 2.84. The molecule has 25 heavy (non-hydrogen) atoms. The maximum Gasteiger partial charge on any atom is 0.261 e. The molecule has 0 aliphatic rings. The molecule has 1 aromatic carbocycles. The van der Waals surface area contributed by atoms with Crippen LogP contribution >= 0.6 is 23.7 Å². The fraction of sp³-hybridized carbons (Fsp3) is 0.353. The highest BCUT2D eigenvalue weighted by Crippen LogP contribution is 2.27. The van der Waals surface area contributed by atoms with Crippen LogP contribution in [0.2, 0.25) is 0 Å². The zero-order valence-corrected chi connectivity index (χ0v) is 16.4. The number of carbonyl (C=O) groups is 1. The van der Waals surface area contributed by atoms with Gasteiger partial charge >= 0.3 is 0 Å².